The molecule has 0 radical (unpaired) electrons. The van der Waals surface area contributed by atoms with E-state index in [1.165, 1.54) is 16.2 Å². The number of benzene rings is 6. The van der Waals surface area contributed by atoms with Gasteiger partial charge in [-0.25, -0.2) is 15.0 Å². The topological polar surface area (TPSA) is 51.8 Å². The summed E-state index contributed by atoms with van der Waals surface area (Å²) < 4.78 is 6.15. The summed E-state index contributed by atoms with van der Waals surface area (Å²) in [6.07, 6.45) is 0. The monoisotopic (exact) mass is 533 g/mol. The van der Waals surface area contributed by atoms with Gasteiger partial charge >= 0.3 is 0 Å². The van der Waals surface area contributed by atoms with Crippen molar-refractivity contribution < 1.29 is 4.42 Å². The van der Waals surface area contributed by atoms with Gasteiger partial charge in [-0.15, -0.1) is 0 Å². The third kappa shape index (κ3) is 3.73. The van der Waals surface area contributed by atoms with Crippen LogP contribution in [0.5, 0.6) is 0 Å². The molecule has 0 N–H and O–H groups in total. The van der Waals surface area contributed by atoms with Crippen LogP contribution in [0.2, 0.25) is 5.02 Å². The molecule has 2 heterocycles. The van der Waals surface area contributed by atoms with Crippen molar-refractivity contribution in [1.82, 2.24) is 15.0 Å². The van der Waals surface area contributed by atoms with Crippen LogP contribution < -0.4 is 0 Å². The number of hydrogen-bond acceptors (Lipinski definition) is 4. The maximum atomic E-state index is 6.88. The summed E-state index contributed by atoms with van der Waals surface area (Å²) in [4.78, 5) is 14.7. The molecule has 0 aliphatic heterocycles. The Bertz CT molecular complexity index is 2240. The van der Waals surface area contributed by atoms with Gasteiger partial charge in [0, 0.05) is 27.5 Å². The molecule has 188 valence electrons. The van der Waals surface area contributed by atoms with Gasteiger partial charge in [0.2, 0.25) is 0 Å². The number of furan rings is 1. The number of nitrogens with zero attached hydrogens (tertiary/aromatic N) is 3. The van der Waals surface area contributed by atoms with E-state index in [1.807, 2.05) is 66.7 Å². The molecule has 40 heavy (non-hydrogen) atoms. The summed E-state index contributed by atoms with van der Waals surface area (Å²) in [7, 11) is 0. The first-order chi connectivity index (χ1) is 19.7. The molecule has 6 aromatic carbocycles. The minimum atomic E-state index is 0.495. The number of fused-ring (bicyclic) bond motifs is 6. The Hall–Kier alpha value is -5.06. The Kier molecular flexibility index (Phi) is 5.15. The maximum Gasteiger partial charge on any atom is 0.165 e. The molecular weight excluding hydrogens is 514 g/mol. The number of hydrogen-bond donors (Lipinski definition) is 0. The largest absolute Gasteiger partial charge is 0.456 e. The van der Waals surface area contributed by atoms with Crippen molar-refractivity contribution in [1.29, 1.82) is 0 Å². The van der Waals surface area contributed by atoms with Crippen molar-refractivity contribution in [3.63, 3.8) is 0 Å². The lowest BCUT2D eigenvalue weighted by Crippen LogP contribution is -2.00. The smallest absolute Gasteiger partial charge is 0.165 e. The highest BCUT2D eigenvalue weighted by Gasteiger charge is 2.17. The van der Waals surface area contributed by atoms with Crippen LogP contribution >= 0.6 is 11.6 Å². The zero-order chi connectivity index (χ0) is 26.6. The first kappa shape index (κ1) is 22.9. The van der Waals surface area contributed by atoms with E-state index in [-0.39, 0.29) is 0 Å². The fourth-order valence-electron chi connectivity index (χ4n) is 5.41. The average molecular weight is 534 g/mol. The molecule has 0 aliphatic carbocycles. The average Bonchev–Trinajstić information content (AvgIpc) is 3.38. The highest BCUT2D eigenvalue weighted by molar-refractivity contribution is 6.34. The summed E-state index contributed by atoms with van der Waals surface area (Å²) in [5.74, 6) is 1.66. The Morgan fingerprint density at radius 2 is 1.12 bits per heavy atom. The van der Waals surface area contributed by atoms with Crippen molar-refractivity contribution in [3.8, 4) is 34.2 Å². The summed E-state index contributed by atoms with van der Waals surface area (Å²) >= 11 is 6.88. The third-order valence-corrected chi connectivity index (χ3v) is 7.69. The second-order valence-corrected chi connectivity index (χ2v) is 10.2. The maximum absolute atomic E-state index is 6.88. The van der Waals surface area contributed by atoms with Crippen LogP contribution in [0.3, 0.4) is 0 Å². The lowest BCUT2D eigenvalue weighted by Gasteiger charge is -2.10. The molecule has 0 spiro atoms. The third-order valence-electron chi connectivity index (χ3n) is 7.38. The molecular formula is C35H20ClN3O. The van der Waals surface area contributed by atoms with Crippen molar-refractivity contribution in [2.75, 3.05) is 0 Å². The lowest BCUT2D eigenvalue weighted by atomic mass is 10.00. The Morgan fingerprint density at radius 1 is 0.450 bits per heavy atom. The Labute approximate surface area is 234 Å². The second-order valence-electron chi connectivity index (χ2n) is 9.82. The zero-order valence-corrected chi connectivity index (χ0v) is 21.9. The second kappa shape index (κ2) is 9.01. The molecule has 2 aromatic heterocycles. The molecule has 0 bridgehead atoms. The summed E-state index contributed by atoms with van der Waals surface area (Å²) in [5, 5.41) is 7.30. The van der Waals surface area contributed by atoms with Gasteiger partial charge in [0.15, 0.2) is 17.5 Å². The minimum Gasteiger partial charge on any atom is -0.456 e. The number of rotatable bonds is 3. The van der Waals surface area contributed by atoms with Crippen molar-refractivity contribution in [2.24, 2.45) is 0 Å². The van der Waals surface area contributed by atoms with E-state index in [9.17, 15) is 0 Å². The number of para-hydroxylation sites is 1. The van der Waals surface area contributed by atoms with E-state index in [4.69, 9.17) is 31.0 Å². The fraction of sp³-hybridized carbons (Fsp3) is 0. The molecule has 4 nitrogen and oxygen atoms in total. The van der Waals surface area contributed by atoms with Crippen LogP contribution in [-0.4, -0.2) is 15.0 Å². The minimum absolute atomic E-state index is 0.495. The van der Waals surface area contributed by atoms with Crippen LogP contribution in [0.25, 0.3) is 77.6 Å². The summed E-state index contributed by atoms with van der Waals surface area (Å²) in [6.45, 7) is 0. The molecule has 0 saturated carbocycles. The van der Waals surface area contributed by atoms with Gasteiger partial charge in [0.1, 0.15) is 11.2 Å². The van der Waals surface area contributed by atoms with E-state index in [0.717, 1.165) is 38.5 Å². The van der Waals surface area contributed by atoms with Crippen LogP contribution in [0.15, 0.2) is 126 Å². The van der Waals surface area contributed by atoms with E-state index >= 15 is 0 Å². The molecule has 8 rings (SSSR count). The van der Waals surface area contributed by atoms with E-state index in [2.05, 4.69) is 54.6 Å². The van der Waals surface area contributed by atoms with E-state index in [1.54, 1.807) is 0 Å². The first-order valence-corrected chi connectivity index (χ1v) is 13.4. The summed E-state index contributed by atoms with van der Waals surface area (Å²) in [5.41, 5.74) is 4.06. The number of halogens is 1. The van der Waals surface area contributed by atoms with Gasteiger partial charge in [-0.2, -0.15) is 0 Å². The van der Waals surface area contributed by atoms with Gasteiger partial charge in [0.25, 0.3) is 0 Å². The lowest BCUT2D eigenvalue weighted by molar-refractivity contribution is 0.669. The highest BCUT2D eigenvalue weighted by Crippen LogP contribution is 2.37. The molecule has 0 fully saturated rings. The molecule has 0 atom stereocenters. The number of aromatic nitrogens is 3. The predicted octanol–water partition coefficient (Wildman–Crippen LogP) is 9.73. The Morgan fingerprint density at radius 3 is 2.00 bits per heavy atom. The van der Waals surface area contributed by atoms with E-state index < -0.39 is 0 Å². The van der Waals surface area contributed by atoms with Crippen molar-refractivity contribution in [3.05, 3.63) is 126 Å². The van der Waals surface area contributed by atoms with Crippen LogP contribution in [-0.2, 0) is 0 Å². The van der Waals surface area contributed by atoms with E-state index in [0.29, 0.717) is 28.1 Å². The quantitative estimate of drug-likeness (QED) is 0.212. The molecule has 0 unspecified atom stereocenters. The molecule has 0 amide bonds. The highest BCUT2D eigenvalue weighted by atomic mass is 35.5. The van der Waals surface area contributed by atoms with Crippen LogP contribution in [0, 0.1) is 0 Å². The molecule has 8 aromatic rings. The predicted molar refractivity (Wildman–Crippen MR) is 163 cm³/mol. The summed E-state index contributed by atoms with van der Waals surface area (Å²) in [6, 6.07) is 40.8. The van der Waals surface area contributed by atoms with Gasteiger partial charge < -0.3 is 4.42 Å². The molecule has 0 aliphatic rings. The normalized spacial score (nSPS) is 11.6. The van der Waals surface area contributed by atoms with Gasteiger partial charge in [-0.1, -0.05) is 109 Å². The van der Waals surface area contributed by atoms with Crippen LogP contribution in [0.4, 0.5) is 0 Å². The molecule has 0 saturated heterocycles. The van der Waals surface area contributed by atoms with Gasteiger partial charge in [-0.05, 0) is 45.8 Å². The van der Waals surface area contributed by atoms with Crippen molar-refractivity contribution in [2.45, 2.75) is 0 Å². The Balaban J connectivity index is 1.34. The van der Waals surface area contributed by atoms with Gasteiger partial charge in [-0.3, -0.25) is 0 Å². The van der Waals surface area contributed by atoms with Gasteiger partial charge in [0.05, 0.1) is 5.02 Å². The first-order valence-electron chi connectivity index (χ1n) is 13.1. The fourth-order valence-corrected chi connectivity index (χ4v) is 5.66. The SMILES string of the molecule is Clc1cc2c(cc1-c1nc(-c3ccccc3)nc(-c3ccc4c(ccc5ccccc54)c3)n1)oc1ccccc12. The standard InChI is InChI=1S/C35H20ClN3O/c36-30-19-28-27-12-6-7-13-31(27)40-32(28)20-29(30)35-38-33(22-9-2-1-3-10-22)37-34(39-35)24-16-17-26-23(18-24)15-14-21-8-4-5-11-25(21)26/h1-20H. The molecule has 5 heteroatoms. The van der Waals surface area contributed by atoms with Crippen molar-refractivity contribution >= 4 is 55.1 Å². The zero-order valence-electron chi connectivity index (χ0n) is 21.2. The van der Waals surface area contributed by atoms with Crippen LogP contribution in [0.1, 0.15) is 0 Å².